The molecule has 0 spiro atoms. The van der Waals surface area contributed by atoms with Gasteiger partial charge in [-0.05, 0) is 51.0 Å². The maximum atomic E-state index is 11.4. The van der Waals surface area contributed by atoms with Crippen LogP contribution >= 0.6 is 0 Å². The summed E-state index contributed by atoms with van der Waals surface area (Å²) >= 11 is 0. The van der Waals surface area contributed by atoms with Gasteiger partial charge in [-0.15, -0.1) is 0 Å². The quantitative estimate of drug-likeness (QED) is 0.830. The predicted octanol–water partition coefficient (Wildman–Crippen LogP) is 2.34. The minimum absolute atomic E-state index is 0.00625. The van der Waals surface area contributed by atoms with E-state index in [1.165, 1.54) is 0 Å². The van der Waals surface area contributed by atoms with Crippen LogP contribution in [0.1, 0.15) is 44.4 Å². The standard InChI is InChI=1S/C15H23NO3/c1-10(2)16-15(18)7-8-19-14-6-5-13(12(4)17)9-11(14)3/h5-6,9-10,12,17H,7-8H2,1-4H3,(H,16,18)/t12-/m1/s1. The lowest BCUT2D eigenvalue weighted by atomic mass is 10.1. The Hall–Kier alpha value is -1.55. The lowest BCUT2D eigenvalue weighted by molar-refractivity contribution is -0.122. The van der Waals surface area contributed by atoms with Crippen molar-refractivity contribution >= 4 is 5.91 Å². The summed E-state index contributed by atoms with van der Waals surface area (Å²) in [7, 11) is 0. The van der Waals surface area contributed by atoms with E-state index >= 15 is 0 Å². The van der Waals surface area contributed by atoms with Crippen molar-refractivity contribution < 1.29 is 14.6 Å². The Labute approximate surface area is 114 Å². The Bertz CT molecular complexity index is 427. The number of ether oxygens (including phenoxy) is 1. The number of rotatable bonds is 6. The molecule has 1 rings (SSSR count). The number of aryl methyl sites for hydroxylation is 1. The molecule has 0 fully saturated rings. The van der Waals surface area contributed by atoms with Crippen LogP contribution in [0.25, 0.3) is 0 Å². The van der Waals surface area contributed by atoms with Crippen molar-refractivity contribution in [3.63, 3.8) is 0 Å². The fraction of sp³-hybridized carbons (Fsp3) is 0.533. The van der Waals surface area contributed by atoms with Gasteiger partial charge in [0.05, 0.1) is 19.1 Å². The molecule has 0 bridgehead atoms. The molecule has 0 aliphatic heterocycles. The molecule has 0 aliphatic carbocycles. The highest BCUT2D eigenvalue weighted by molar-refractivity contribution is 5.76. The molecule has 1 aromatic rings. The number of aliphatic hydroxyl groups is 1. The summed E-state index contributed by atoms with van der Waals surface area (Å²) in [5, 5.41) is 12.3. The van der Waals surface area contributed by atoms with Crippen molar-refractivity contribution in [1.82, 2.24) is 5.32 Å². The van der Waals surface area contributed by atoms with Gasteiger partial charge < -0.3 is 15.2 Å². The van der Waals surface area contributed by atoms with Crippen molar-refractivity contribution in [3.8, 4) is 5.75 Å². The number of hydrogen-bond donors (Lipinski definition) is 2. The van der Waals surface area contributed by atoms with Crippen molar-refractivity contribution in [1.29, 1.82) is 0 Å². The van der Waals surface area contributed by atoms with Crippen LogP contribution in [0.2, 0.25) is 0 Å². The van der Waals surface area contributed by atoms with E-state index in [9.17, 15) is 9.90 Å². The van der Waals surface area contributed by atoms with Crippen LogP contribution < -0.4 is 10.1 Å². The van der Waals surface area contributed by atoms with E-state index in [0.29, 0.717) is 13.0 Å². The Morgan fingerprint density at radius 1 is 1.37 bits per heavy atom. The normalized spacial score (nSPS) is 12.3. The molecule has 1 aromatic carbocycles. The van der Waals surface area contributed by atoms with Gasteiger partial charge in [0.25, 0.3) is 0 Å². The first-order valence-electron chi connectivity index (χ1n) is 6.61. The van der Waals surface area contributed by atoms with Crippen LogP contribution in [-0.2, 0) is 4.79 Å². The van der Waals surface area contributed by atoms with Crippen LogP contribution in [0, 0.1) is 6.92 Å². The summed E-state index contributed by atoms with van der Waals surface area (Å²) in [6, 6.07) is 5.71. The van der Waals surface area contributed by atoms with Gasteiger partial charge in [0, 0.05) is 6.04 Å². The smallest absolute Gasteiger partial charge is 0.223 e. The molecule has 4 heteroatoms. The maximum Gasteiger partial charge on any atom is 0.223 e. The molecule has 2 N–H and O–H groups in total. The monoisotopic (exact) mass is 265 g/mol. The second-order valence-corrected chi connectivity index (χ2v) is 5.02. The fourth-order valence-electron chi connectivity index (χ4n) is 1.74. The second-order valence-electron chi connectivity index (χ2n) is 5.02. The molecular weight excluding hydrogens is 242 g/mol. The van der Waals surface area contributed by atoms with Crippen molar-refractivity contribution in [2.24, 2.45) is 0 Å². The molecule has 0 saturated heterocycles. The zero-order chi connectivity index (χ0) is 14.4. The Morgan fingerprint density at radius 2 is 2.05 bits per heavy atom. The van der Waals surface area contributed by atoms with Crippen LogP contribution in [0.15, 0.2) is 18.2 Å². The molecule has 106 valence electrons. The highest BCUT2D eigenvalue weighted by Crippen LogP contribution is 2.22. The summed E-state index contributed by atoms with van der Waals surface area (Å²) < 4.78 is 5.58. The molecule has 0 radical (unpaired) electrons. The van der Waals surface area contributed by atoms with Crippen LogP contribution in [-0.4, -0.2) is 23.7 Å². The van der Waals surface area contributed by atoms with Crippen LogP contribution in [0.3, 0.4) is 0 Å². The van der Waals surface area contributed by atoms with E-state index in [2.05, 4.69) is 5.32 Å². The first kappa shape index (κ1) is 15.5. The SMILES string of the molecule is Cc1cc([C@@H](C)O)ccc1OCCC(=O)NC(C)C. The molecule has 0 saturated carbocycles. The first-order chi connectivity index (χ1) is 8.90. The lowest BCUT2D eigenvalue weighted by Gasteiger charge is -2.12. The van der Waals surface area contributed by atoms with Gasteiger partial charge in [-0.2, -0.15) is 0 Å². The van der Waals surface area contributed by atoms with E-state index in [-0.39, 0.29) is 11.9 Å². The van der Waals surface area contributed by atoms with Crippen molar-refractivity contribution in [3.05, 3.63) is 29.3 Å². The average Bonchev–Trinajstić information content (AvgIpc) is 2.29. The van der Waals surface area contributed by atoms with E-state index in [1.54, 1.807) is 6.92 Å². The summed E-state index contributed by atoms with van der Waals surface area (Å²) in [5.41, 5.74) is 1.82. The van der Waals surface area contributed by atoms with Crippen molar-refractivity contribution in [2.75, 3.05) is 6.61 Å². The summed E-state index contributed by atoms with van der Waals surface area (Å²) in [6.07, 6.45) is -0.139. The molecule has 0 aromatic heterocycles. The lowest BCUT2D eigenvalue weighted by Crippen LogP contribution is -2.31. The largest absolute Gasteiger partial charge is 0.493 e. The van der Waals surface area contributed by atoms with E-state index < -0.39 is 6.10 Å². The number of amides is 1. The third kappa shape index (κ3) is 5.30. The van der Waals surface area contributed by atoms with Gasteiger partial charge in [-0.25, -0.2) is 0 Å². The van der Waals surface area contributed by atoms with Crippen LogP contribution in [0.5, 0.6) is 5.75 Å². The molecule has 0 unspecified atom stereocenters. The zero-order valence-corrected chi connectivity index (χ0v) is 12.1. The third-order valence-corrected chi connectivity index (χ3v) is 2.72. The Morgan fingerprint density at radius 3 is 2.58 bits per heavy atom. The summed E-state index contributed by atoms with van der Waals surface area (Å²) in [4.78, 5) is 11.4. The van der Waals surface area contributed by atoms with Gasteiger partial charge in [0.2, 0.25) is 5.91 Å². The zero-order valence-electron chi connectivity index (χ0n) is 12.1. The number of carbonyl (C=O) groups is 1. The van der Waals surface area contributed by atoms with Crippen LogP contribution in [0.4, 0.5) is 0 Å². The molecular formula is C15H23NO3. The number of nitrogens with one attached hydrogen (secondary N) is 1. The number of benzene rings is 1. The Kier molecular flexibility index (Phi) is 5.83. The Balaban J connectivity index is 2.48. The van der Waals surface area contributed by atoms with E-state index in [4.69, 9.17) is 4.74 Å². The van der Waals surface area contributed by atoms with Gasteiger partial charge in [-0.3, -0.25) is 4.79 Å². The highest BCUT2D eigenvalue weighted by atomic mass is 16.5. The molecule has 19 heavy (non-hydrogen) atoms. The number of hydrogen-bond acceptors (Lipinski definition) is 3. The van der Waals surface area contributed by atoms with E-state index in [1.807, 2.05) is 39.0 Å². The van der Waals surface area contributed by atoms with Gasteiger partial charge in [0.15, 0.2) is 0 Å². The minimum Gasteiger partial charge on any atom is -0.493 e. The molecule has 4 nitrogen and oxygen atoms in total. The first-order valence-corrected chi connectivity index (χ1v) is 6.61. The molecule has 0 heterocycles. The molecule has 1 amide bonds. The summed E-state index contributed by atoms with van der Waals surface area (Å²) in [6.45, 7) is 7.86. The third-order valence-electron chi connectivity index (χ3n) is 2.72. The van der Waals surface area contributed by atoms with E-state index in [0.717, 1.165) is 16.9 Å². The summed E-state index contributed by atoms with van der Waals surface area (Å²) in [5.74, 6) is 0.745. The van der Waals surface area contributed by atoms with Gasteiger partial charge >= 0.3 is 0 Å². The van der Waals surface area contributed by atoms with Crippen molar-refractivity contribution in [2.45, 2.75) is 46.3 Å². The molecule has 0 aliphatic rings. The highest BCUT2D eigenvalue weighted by Gasteiger charge is 2.07. The molecule has 1 atom stereocenters. The fourth-order valence-corrected chi connectivity index (χ4v) is 1.74. The second kappa shape index (κ2) is 7.14. The maximum absolute atomic E-state index is 11.4. The number of aliphatic hydroxyl groups excluding tert-OH is 1. The number of carbonyl (C=O) groups excluding carboxylic acids is 1. The van der Waals surface area contributed by atoms with Gasteiger partial charge in [0.1, 0.15) is 5.75 Å². The predicted molar refractivity (Wildman–Crippen MR) is 75.2 cm³/mol. The topological polar surface area (TPSA) is 58.6 Å². The average molecular weight is 265 g/mol. The van der Waals surface area contributed by atoms with Gasteiger partial charge in [-0.1, -0.05) is 6.07 Å². The minimum atomic E-state index is -0.482.